The summed E-state index contributed by atoms with van der Waals surface area (Å²) in [6.45, 7) is -0.515. The van der Waals surface area contributed by atoms with Crippen LogP contribution in [0.5, 0.6) is 0 Å². The Labute approximate surface area is 290 Å². The SMILES string of the molecule is O=C(O)CC[C@H](NC(=O)N[C@@H](CSC1CC(=O)N(CCCC[C@@H](NC(=O)CNC(=O)c2cccc(I)c2)C(=O)O)C1=O)C(=O)O)C(=O)O. The molecule has 1 aliphatic rings. The van der Waals surface area contributed by atoms with E-state index >= 15 is 0 Å². The topological polar surface area (TPSA) is 286 Å². The predicted octanol–water partition coefficient (Wildman–Crippen LogP) is -0.308. The number of rotatable bonds is 20. The first-order valence-corrected chi connectivity index (χ1v) is 16.5. The van der Waals surface area contributed by atoms with Crippen molar-refractivity contribution < 1.29 is 63.6 Å². The Morgan fingerprint density at radius 3 is 2.10 bits per heavy atom. The fourth-order valence-electron chi connectivity index (χ4n) is 4.30. The lowest BCUT2D eigenvalue weighted by Gasteiger charge is -2.19. The van der Waals surface area contributed by atoms with E-state index in [9.17, 15) is 53.4 Å². The Morgan fingerprint density at radius 2 is 1.50 bits per heavy atom. The molecule has 8 N–H and O–H groups in total. The van der Waals surface area contributed by atoms with Crippen molar-refractivity contribution in [3.63, 3.8) is 0 Å². The largest absolute Gasteiger partial charge is 0.481 e. The number of nitrogens with one attached hydrogen (secondary N) is 4. The summed E-state index contributed by atoms with van der Waals surface area (Å²) >= 11 is 2.82. The molecular formula is C28H34IN5O13S. The van der Waals surface area contributed by atoms with Crippen LogP contribution in [0.15, 0.2) is 24.3 Å². The molecule has 4 atom stereocenters. The number of carboxylic acid groups (broad SMARTS) is 4. The van der Waals surface area contributed by atoms with Crippen molar-refractivity contribution in [3.8, 4) is 0 Å². The number of urea groups is 1. The zero-order chi connectivity index (χ0) is 36.0. The minimum atomic E-state index is -1.59. The predicted molar refractivity (Wildman–Crippen MR) is 174 cm³/mol. The molecule has 262 valence electrons. The number of halogens is 1. The van der Waals surface area contributed by atoms with Crippen LogP contribution in [0.2, 0.25) is 0 Å². The number of hydrogen-bond donors (Lipinski definition) is 8. The van der Waals surface area contributed by atoms with Gasteiger partial charge in [-0.15, -0.1) is 11.8 Å². The van der Waals surface area contributed by atoms with Crippen LogP contribution in [0, 0.1) is 3.57 Å². The van der Waals surface area contributed by atoms with Gasteiger partial charge < -0.3 is 41.7 Å². The van der Waals surface area contributed by atoms with Crippen molar-refractivity contribution in [1.29, 1.82) is 0 Å². The highest BCUT2D eigenvalue weighted by atomic mass is 127. The van der Waals surface area contributed by atoms with E-state index in [1.54, 1.807) is 24.3 Å². The second-order valence-electron chi connectivity index (χ2n) is 10.4. The third-order valence-electron chi connectivity index (χ3n) is 6.77. The van der Waals surface area contributed by atoms with Crippen LogP contribution in [0.1, 0.15) is 48.9 Å². The van der Waals surface area contributed by atoms with E-state index in [-0.39, 0.29) is 38.0 Å². The average Bonchev–Trinajstić information content (AvgIpc) is 3.28. The molecule has 18 nitrogen and oxygen atoms in total. The van der Waals surface area contributed by atoms with Crippen LogP contribution in [0.4, 0.5) is 4.79 Å². The van der Waals surface area contributed by atoms with Crippen LogP contribution in [-0.2, 0) is 33.6 Å². The van der Waals surface area contributed by atoms with Gasteiger partial charge in [-0.25, -0.2) is 19.2 Å². The van der Waals surface area contributed by atoms with E-state index in [1.165, 1.54) is 0 Å². The number of hydrogen-bond acceptors (Lipinski definition) is 10. The molecule has 0 radical (unpaired) electrons. The molecule has 20 heteroatoms. The van der Waals surface area contributed by atoms with Gasteiger partial charge >= 0.3 is 29.9 Å². The van der Waals surface area contributed by atoms with E-state index in [4.69, 9.17) is 10.2 Å². The van der Waals surface area contributed by atoms with Gasteiger partial charge in [-0.1, -0.05) is 6.07 Å². The van der Waals surface area contributed by atoms with Gasteiger partial charge in [-0.3, -0.25) is 28.9 Å². The lowest BCUT2D eigenvalue weighted by molar-refractivity contribution is -0.142. The Hall–Kier alpha value is -4.47. The summed E-state index contributed by atoms with van der Waals surface area (Å²) in [5, 5.41) is 44.7. The maximum Gasteiger partial charge on any atom is 0.327 e. The molecule has 0 spiro atoms. The van der Waals surface area contributed by atoms with Gasteiger partial charge in [0.1, 0.15) is 18.1 Å². The molecule has 1 aromatic carbocycles. The number of aliphatic carboxylic acids is 4. The van der Waals surface area contributed by atoms with E-state index < -0.39 is 96.3 Å². The van der Waals surface area contributed by atoms with E-state index in [2.05, 4.69) is 16.0 Å². The monoisotopic (exact) mass is 807 g/mol. The molecule has 1 aliphatic heterocycles. The van der Waals surface area contributed by atoms with Gasteiger partial charge in [-0.05, 0) is 66.5 Å². The molecule has 0 aromatic heterocycles. The Morgan fingerprint density at radius 1 is 0.875 bits per heavy atom. The van der Waals surface area contributed by atoms with Gasteiger partial charge in [-0.2, -0.15) is 0 Å². The molecule has 48 heavy (non-hydrogen) atoms. The number of carbonyl (C=O) groups excluding carboxylic acids is 5. The summed E-state index contributed by atoms with van der Waals surface area (Å²) in [6.07, 6.45) is -0.891. The van der Waals surface area contributed by atoms with E-state index in [1.807, 2.05) is 27.9 Å². The molecule has 2 rings (SSSR count). The third kappa shape index (κ3) is 13.3. The van der Waals surface area contributed by atoms with Crippen molar-refractivity contribution in [2.45, 2.75) is 61.9 Å². The van der Waals surface area contributed by atoms with Gasteiger partial charge in [0.2, 0.25) is 17.7 Å². The zero-order valence-corrected chi connectivity index (χ0v) is 28.2. The van der Waals surface area contributed by atoms with Crippen LogP contribution < -0.4 is 21.3 Å². The highest BCUT2D eigenvalue weighted by molar-refractivity contribution is 14.1. The van der Waals surface area contributed by atoms with Crippen LogP contribution >= 0.6 is 34.4 Å². The lowest BCUT2D eigenvalue weighted by Crippen LogP contribution is -2.52. The molecular weight excluding hydrogens is 773 g/mol. The molecule has 1 saturated heterocycles. The van der Waals surface area contributed by atoms with Gasteiger partial charge in [0, 0.05) is 34.3 Å². The van der Waals surface area contributed by atoms with Crippen molar-refractivity contribution in [2.75, 3.05) is 18.8 Å². The number of thioether (sulfide) groups is 1. The summed E-state index contributed by atoms with van der Waals surface area (Å²) in [5.74, 6) is -8.37. The summed E-state index contributed by atoms with van der Waals surface area (Å²) in [5.41, 5.74) is 0.333. The number of amides is 6. The molecule has 1 unspecified atom stereocenters. The molecule has 1 heterocycles. The van der Waals surface area contributed by atoms with Crippen molar-refractivity contribution in [2.24, 2.45) is 0 Å². The lowest BCUT2D eigenvalue weighted by atomic mass is 10.1. The second-order valence-corrected chi connectivity index (χ2v) is 12.9. The minimum Gasteiger partial charge on any atom is -0.481 e. The third-order valence-corrected chi connectivity index (χ3v) is 8.74. The maximum absolute atomic E-state index is 12.8. The normalized spacial score (nSPS) is 15.9. The van der Waals surface area contributed by atoms with Crippen LogP contribution in [-0.4, -0.2) is 121 Å². The Kier molecular flexibility index (Phi) is 16.0. The number of benzene rings is 1. The Bertz CT molecular complexity index is 1430. The van der Waals surface area contributed by atoms with Gasteiger partial charge in [0.15, 0.2) is 0 Å². The molecule has 6 amide bonds. The first kappa shape index (κ1) is 39.7. The number of carboxylic acids is 4. The fourth-order valence-corrected chi connectivity index (χ4v) is 6.03. The summed E-state index contributed by atoms with van der Waals surface area (Å²) in [6, 6.07) is 0.988. The zero-order valence-electron chi connectivity index (χ0n) is 25.2. The first-order chi connectivity index (χ1) is 22.6. The quantitative estimate of drug-likeness (QED) is 0.0477. The number of likely N-dealkylation sites (tertiary alicyclic amines) is 1. The number of imide groups is 1. The fraction of sp³-hybridized carbons (Fsp3) is 0.464. The van der Waals surface area contributed by atoms with Crippen molar-refractivity contribution >= 4 is 87.9 Å². The maximum atomic E-state index is 12.8. The molecule has 0 bridgehead atoms. The molecule has 1 aromatic rings. The first-order valence-electron chi connectivity index (χ1n) is 14.3. The number of carbonyl (C=O) groups is 9. The van der Waals surface area contributed by atoms with Gasteiger partial charge in [0.25, 0.3) is 5.91 Å². The average molecular weight is 808 g/mol. The number of nitrogens with zero attached hydrogens (tertiary/aromatic N) is 1. The Balaban J connectivity index is 1.80. The van der Waals surface area contributed by atoms with Crippen LogP contribution in [0.3, 0.4) is 0 Å². The van der Waals surface area contributed by atoms with E-state index in [0.717, 1.165) is 20.2 Å². The van der Waals surface area contributed by atoms with E-state index in [0.29, 0.717) is 5.56 Å². The highest BCUT2D eigenvalue weighted by Crippen LogP contribution is 2.26. The smallest absolute Gasteiger partial charge is 0.327 e. The molecule has 1 fully saturated rings. The second kappa shape index (κ2) is 19.4. The molecule has 0 aliphatic carbocycles. The minimum absolute atomic E-state index is 0.0344. The van der Waals surface area contributed by atoms with Crippen LogP contribution in [0.25, 0.3) is 0 Å². The summed E-state index contributed by atoms with van der Waals surface area (Å²) in [4.78, 5) is 108. The molecule has 0 saturated carbocycles. The van der Waals surface area contributed by atoms with Gasteiger partial charge in [0.05, 0.1) is 11.8 Å². The van der Waals surface area contributed by atoms with Crippen molar-refractivity contribution in [3.05, 3.63) is 33.4 Å². The highest BCUT2D eigenvalue weighted by Gasteiger charge is 2.39. The summed E-state index contributed by atoms with van der Waals surface area (Å²) in [7, 11) is 0. The van der Waals surface area contributed by atoms with Crippen molar-refractivity contribution in [1.82, 2.24) is 26.2 Å². The summed E-state index contributed by atoms with van der Waals surface area (Å²) < 4.78 is 0.815. The standard InChI is InChI=1S/C28H34IN5O13S/c29-15-5-3-4-14(10-15)23(39)30-12-20(35)31-16(25(41)42)6-1-2-9-34-21(36)11-19(24(34)40)48-13-18(27(45)46)33-28(47)32-17(26(43)44)7-8-22(37)38/h3-5,10,16-19H,1-2,6-9,11-13H2,(H,30,39)(H,31,35)(H,37,38)(H,41,42)(H,43,44)(H,45,46)(H2,32,33,47)/t16-,17+,18+,19?/m1/s1. The number of unbranched alkanes of at least 4 members (excludes halogenated alkanes) is 1.